The van der Waals surface area contributed by atoms with Crippen molar-refractivity contribution in [2.75, 3.05) is 10.5 Å². The maximum Gasteiger partial charge on any atom is 0.262 e. The lowest BCUT2D eigenvalue weighted by Gasteiger charge is -2.12. The molecular formula is C14H15FN2O2S. The van der Waals surface area contributed by atoms with Gasteiger partial charge >= 0.3 is 0 Å². The van der Waals surface area contributed by atoms with Crippen molar-refractivity contribution < 1.29 is 12.8 Å². The van der Waals surface area contributed by atoms with Crippen LogP contribution in [-0.4, -0.2) is 8.42 Å². The first-order valence-electron chi connectivity index (χ1n) is 5.95. The van der Waals surface area contributed by atoms with Crippen LogP contribution in [0.1, 0.15) is 11.1 Å². The van der Waals surface area contributed by atoms with E-state index < -0.39 is 15.8 Å². The molecule has 0 saturated carbocycles. The number of halogens is 1. The van der Waals surface area contributed by atoms with Gasteiger partial charge in [-0.25, -0.2) is 12.8 Å². The van der Waals surface area contributed by atoms with Gasteiger partial charge < -0.3 is 5.73 Å². The lowest BCUT2D eigenvalue weighted by molar-refractivity contribution is 0.598. The van der Waals surface area contributed by atoms with Gasteiger partial charge in [0.2, 0.25) is 0 Å². The molecular weight excluding hydrogens is 279 g/mol. The van der Waals surface area contributed by atoms with E-state index in [2.05, 4.69) is 4.72 Å². The molecule has 0 aliphatic heterocycles. The number of sulfonamides is 1. The van der Waals surface area contributed by atoms with Crippen molar-refractivity contribution in [1.29, 1.82) is 0 Å². The summed E-state index contributed by atoms with van der Waals surface area (Å²) < 4.78 is 40.2. The Morgan fingerprint density at radius 2 is 1.75 bits per heavy atom. The fourth-order valence-corrected chi connectivity index (χ4v) is 3.21. The summed E-state index contributed by atoms with van der Waals surface area (Å²) in [6.07, 6.45) is 0. The Morgan fingerprint density at radius 1 is 1.05 bits per heavy atom. The van der Waals surface area contributed by atoms with Crippen LogP contribution < -0.4 is 10.5 Å². The third-order valence-electron chi connectivity index (χ3n) is 2.93. The van der Waals surface area contributed by atoms with Crippen molar-refractivity contribution in [2.24, 2.45) is 0 Å². The number of hydrogen-bond donors (Lipinski definition) is 2. The SMILES string of the molecule is Cc1ccc(N)cc1NS(=O)(=O)c1ccc(F)cc1C. The molecule has 0 heterocycles. The van der Waals surface area contributed by atoms with E-state index in [1.165, 1.54) is 12.1 Å². The fraction of sp³-hybridized carbons (Fsp3) is 0.143. The molecule has 0 saturated heterocycles. The van der Waals surface area contributed by atoms with E-state index in [9.17, 15) is 12.8 Å². The van der Waals surface area contributed by atoms with Gasteiger partial charge in [0.25, 0.3) is 10.0 Å². The number of aryl methyl sites for hydroxylation is 2. The van der Waals surface area contributed by atoms with E-state index in [1.807, 2.05) is 0 Å². The fourth-order valence-electron chi connectivity index (χ4n) is 1.86. The Balaban J connectivity index is 2.43. The Kier molecular flexibility index (Phi) is 3.67. The molecule has 2 aromatic rings. The van der Waals surface area contributed by atoms with Gasteiger partial charge in [-0.05, 0) is 55.3 Å². The molecule has 0 aliphatic rings. The van der Waals surface area contributed by atoms with E-state index in [0.29, 0.717) is 16.9 Å². The Bertz CT molecular complexity index is 758. The second kappa shape index (κ2) is 5.13. The average molecular weight is 294 g/mol. The zero-order valence-electron chi connectivity index (χ0n) is 11.1. The molecule has 0 amide bonds. The molecule has 0 bridgehead atoms. The van der Waals surface area contributed by atoms with Crippen LogP contribution >= 0.6 is 0 Å². The minimum Gasteiger partial charge on any atom is -0.399 e. The summed E-state index contributed by atoms with van der Waals surface area (Å²) in [5, 5.41) is 0. The summed E-state index contributed by atoms with van der Waals surface area (Å²) in [4.78, 5) is 0.0423. The number of nitrogen functional groups attached to an aromatic ring is 1. The average Bonchev–Trinajstić information content (AvgIpc) is 2.33. The van der Waals surface area contributed by atoms with Crippen molar-refractivity contribution in [1.82, 2.24) is 0 Å². The van der Waals surface area contributed by atoms with Crippen LogP contribution in [0.2, 0.25) is 0 Å². The zero-order valence-corrected chi connectivity index (χ0v) is 12.0. The molecule has 0 aromatic heterocycles. The summed E-state index contributed by atoms with van der Waals surface area (Å²) in [6.45, 7) is 3.32. The Labute approximate surface area is 117 Å². The highest BCUT2D eigenvalue weighted by Crippen LogP contribution is 2.24. The highest BCUT2D eigenvalue weighted by Gasteiger charge is 2.18. The number of rotatable bonds is 3. The summed E-state index contributed by atoms with van der Waals surface area (Å²) in [6, 6.07) is 8.51. The number of nitrogens with two attached hydrogens (primary N) is 1. The minimum absolute atomic E-state index is 0.0423. The summed E-state index contributed by atoms with van der Waals surface area (Å²) in [5.41, 5.74) is 7.62. The van der Waals surface area contributed by atoms with Crippen molar-refractivity contribution in [2.45, 2.75) is 18.7 Å². The third-order valence-corrected chi connectivity index (χ3v) is 4.46. The van der Waals surface area contributed by atoms with E-state index >= 15 is 0 Å². The quantitative estimate of drug-likeness (QED) is 0.855. The zero-order chi connectivity index (χ0) is 14.9. The molecule has 0 fully saturated rings. The molecule has 0 radical (unpaired) electrons. The maximum atomic E-state index is 13.0. The van der Waals surface area contributed by atoms with Gasteiger partial charge in [0.15, 0.2) is 0 Å². The normalized spacial score (nSPS) is 11.3. The van der Waals surface area contributed by atoms with Gasteiger partial charge in [0.1, 0.15) is 5.82 Å². The minimum atomic E-state index is -3.77. The van der Waals surface area contributed by atoms with Crippen LogP contribution in [0.4, 0.5) is 15.8 Å². The molecule has 4 nitrogen and oxygen atoms in total. The first-order valence-corrected chi connectivity index (χ1v) is 7.43. The molecule has 2 aromatic carbocycles. The monoisotopic (exact) mass is 294 g/mol. The maximum absolute atomic E-state index is 13.0. The van der Waals surface area contributed by atoms with Crippen LogP contribution in [0.25, 0.3) is 0 Å². The highest BCUT2D eigenvalue weighted by atomic mass is 32.2. The lowest BCUT2D eigenvalue weighted by atomic mass is 10.2. The van der Waals surface area contributed by atoms with Crippen LogP contribution in [0.5, 0.6) is 0 Å². The van der Waals surface area contributed by atoms with Gasteiger partial charge in [-0.3, -0.25) is 4.72 Å². The largest absolute Gasteiger partial charge is 0.399 e. The Hall–Kier alpha value is -2.08. The van der Waals surface area contributed by atoms with E-state index in [0.717, 1.165) is 11.6 Å². The van der Waals surface area contributed by atoms with Crippen LogP contribution in [-0.2, 0) is 10.0 Å². The summed E-state index contributed by atoms with van der Waals surface area (Å²) in [7, 11) is -3.77. The summed E-state index contributed by atoms with van der Waals surface area (Å²) in [5.74, 6) is -0.471. The third kappa shape index (κ3) is 2.91. The second-order valence-corrected chi connectivity index (χ2v) is 6.24. The number of nitrogens with one attached hydrogen (secondary N) is 1. The smallest absolute Gasteiger partial charge is 0.262 e. The van der Waals surface area contributed by atoms with Crippen molar-refractivity contribution in [3.8, 4) is 0 Å². The van der Waals surface area contributed by atoms with Gasteiger partial charge in [-0.15, -0.1) is 0 Å². The topological polar surface area (TPSA) is 72.2 Å². The molecule has 106 valence electrons. The van der Waals surface area contributed by atoms with E-state index in [4.69, 9.17) is 5.73 Å². The Morgan fingerprint density at radius 3 is 2.40 bits per heavy atom. The number of benzene rings is 2. The number of hydrogen-bond acceptors (Lipinski definition) is 3. The van der Waals surface area contributed by atoms with Gasteiger partial charge in [-0.1, -0.05) is 6.07 Å². The van der Waals surface area contributed by atoms with Crippen LogP contribution in [0.3, 0.4) is 0 Å². The summed E-state index contributed by atoms with van der Waals surface area (Å²) >= 11 is 0. The molecule has 2 rings (SSSR count). The predicted octanol–water partition coefficient (Wildman–Crippen LogP) is 2.83. The first kappa shape index (κ1) is 14.3. The molecule has 0 spiro atoms. The van der Waals surface area contributed by atoms with Gasteiger partial charge in [0, 0.05) is 5.69 Å². The highest BCUT2D eigenvalue weighted by molar-refractivity contribution is 7.92. The molecule has 20 heavy (non-hydrogen) atoms. The van der Waals surface area contributed by atoms with Gasteiger partial charge in [-0.2, -0.15) is 0 Å². The van der Waals surface area contributed by atoms with E-state index in [1.54, 1.807) is 32.0 Å². The number of anilines is 2. The molecule has 3 N–H and O–H groups in total. The second-order valence-electron chi connectivity index (χ2n) is 4.59. The standard InChI is InChI=1S/C14H15FN2O2S/c1-9-3-5-12(16)8-13(9)17-20(18,19)14-6-4-11(15)7-10(14)2/h3-8,17H,16H2,1-2H3. The predicted molar refractivity (Wildman–Crippen MR) is 77.5 cm³/mol. The van der Waals surface area contributed by atoms with Crippen LogP contribution in [0, 0.1) is 19.7 Å². The lowest BCUT2D eigenvalue weighted by Crippen LogP contribution is -2.15. The van der Waals surface area contributed by atoms with Crippen LogP contribution in [0.15, 0.2) is 41.3 Å². The van der Waals surface area contributed by atoms with E-state index in [-0.39, 0.29) is 4.90 Å². The molecule has 0 unspecified atom stereocenters. The van der Waals surface area contributed by atoms with Crippen molar-refractivity contribution in [3.63, 3.8) is 0 Å². The first-order chi connectivity index (χ1) is 9.29. The molecule has 0 atom stereocenters. The molecule has 0 aliphatic carbocycles. The van der Waals surface area contributed by atoms with Gasteiger partial charge in [0.05, 0.1) is 10.6 Å². The molecule has 6 heteroatoms. The van der Waals surface area contributed by atoms with Crippen molar-refractivity contribution >= 4 is 21.4 Å². The van der Waals surface area contributed by atoms with Crippen molar-refractivity contribution in [3.05, 3.63) is 53.3 Å².